The molecule has 1 aromatic rings. The predicted molar refractivity (Wildman–Crippen MR) is 62.4 cm³/mol. The van der Waals surface area contributed by atoms with Gasteiger partial charge in [-0.1, -0.05) is 5.16 Å². The summed E-state index contributed by atoms with van der Waals surface area (Å²) in [6.45, 7) is 6.91. The molecule has 0 aliphatic rings. The Morgan fingerprint density at radius 1 is 1.35 bits per heavy atom. The number of aromatic nitrogens is 2. The zero-order valence-electron chi connectivity index (χ0n) is 10.6. The summed E-state index contributed by atoms with van der Waals surface area (Å²) < 4.78 is 32.4. The maximum absolute atomic E-state index is 11.9. The molecule has 1 N–H and O–H groups in total. The minimum Gasteiger partial charge on any atom is -0.338 e. The minimum absolute atomic E-state index is 0.121. The summed E-state index contributed by atoms with van der Waals surface area (Å²) in [7, 11) is -2.03. The highest BCUT2D eigenvalue weighted by Crippen LogP contribution is 2.12. The number of rotatable bonds is 5. The molecule has 0 saturated carbocycles. The Morgan fingerprint density at radius 2 is 1.94 bits per heavy atom. The standard InChI is InChI=1S/C9H18N4O3S/c1-6(2)13(5)17(14,15)12-7(3)9-10-8(4)11-16-9/h6-7,12H,1-5H3/t7-/m1/s1. The van der Waals surface area contributed by atoms with E-state index in [2.05, 4.69) is 14.9 Å². The zero-order chi connectivity index (χ0) is 13.2. The summed E-state index contributed by atoms with van der Waals surface area (Å²) in [5, 5.41) is 3.61. The van der Waals surface area contributed by atoms with Gasteiger partial charge in [0.15, 0.2) is 5.82 Å². The lowest BCUT2D eigenvalue weighted by Gasteiger charge is -2.22. The molecule has 1 aromatic heterocycles. The molecule has 1 rings (SSSR count). The molecule has 0 radical (unpaired) electrons. The van der Waals surface area contributed by atoms with Crippen molar-refractivity contribution < 1.29 is 12.9 Å². The Morgan fingerprint density at radius 3 is 2.35 bits per heavy atom. The first-order chi connectivity index (χ1) is 7.74. The fourth-order valence-electron chi connectivity index (χ4n) is 1.12. The SMILES string of the molecule is Cc1noc([C@@H](C)NS(=O)(=O)N(C)C(C)C)n1. The van der Waals surface area contributed by atoms with Crippen molar-refractivity contribution in [3.63, 3.8) is 0 Å². The van der Waals surface area contributed by atoms with Crippen LogP contribution in [-0.4, -0.2) is 36.0 Å². The second kappa shape index (κ2) is 5.11. The highest BCUT2D eigenvalue weighted by Gasteiger charge is 2.25. The fraction of sp³-hybridized carbons (Fsp3) is 0.778. The lowest BCUT2D eigenvalue weighted by molar-refractivity contribution is 0.343. The van der Waals surface area contributed by atoms with Crippen LogP contribution in [0.1, 0.15) is 38.5 Å². The van der Waals surface area contributed by atoms with Gasteiger partial charge in [0.1, 0.15) is 0 Å². The lowest BCUT2D eigenvalue weighted by atomic mass is 10.4. The van der Waals surface area contributed by atoms with Gasteiger partial charge in [-0.2, -0.15) is 22.4 Å². The van der Waals surface area contributed by atoms with E-state index < -0.39 is 16.3 Å². The maximum Gasteiger partial charge on any atom is 0.280 e. The molecule has 0 bridgehead atoms. The van der Waals surface area contributed by atoms with Crippen LogP contribution in [0.25, 0.3) is 0 Å². The van der Waals surface area contributed by atoms with E-state index in [0.29, 0.717) is 5.82 Å². The smallest absolute Gasteiger partial charge is 0.280 e. The largest absolute Gasteiger partial charge is 0.338 e. The monoisotopic (exact) mass is 262 g/mol. The van der Waals surface area contributed by atoms with Crippen molar-refractivity contribution in [3.8, 4) is 0 Å². The first kappa shape index (κ1) is 14.1. The zero-order valence-corrected chi connectivity index (χ0v) is 11.4. The Kier molecular flexibility index (Phi) is 4.23. The van der Waals surface area contributed by atoms with Crippen molar-refractivity contribution in [2.75, 3.05) is 7.05 Å². The number of nitrogens with one attached hydrogen (secondary N) is 1. The summed E-state index contributed by atoms with van der Waals surface area (Å²) in [4.78, 5) is 3.98. The number of nitrogens with zero attached hydrogens (tertiary/aromatic N) is 3. The van der Waals surface area contributed by atoms with Gasteiger partial charge in [0.05, 0.1) is 6.04 Å². The molecule has 7 nitrogen and oxygen atoms in total. The van der Waals surface area contributed by atoms with E-state index in [4.69, 9.17) is 4.52 Å². The van der Waals surface area contributed by atoms with Crippen LogP contribution in [0, 0.1) is 6.92 Å². The van der Waals surface area contributed by atoms with Crippen LogP contribution in [0.2, 0.25) is 0 Å². The van der Waals surface area contributed by atoms with Gasteiger partial charge in [0.2, 0.25) is 5.89 Å². The van der Waals surface area contributed by atoms with Gasteiger partial charge >= 0.3 is 0 Å². The molecule has 17 heavy (non-hydrogen) atoms. The van der Waals surface area contributed by atoms with Crippen LogP contribution < -0.4 is 4.72 Å². The molecule has 1 heterocycles. The third-order valence-electron chi connectivity index (χ3n) is 2.35. The summed E-state index contributed by atoms with van der Waals surface area (Å²) in [6.07, 6.45) is 0. The molecule has 0 aliphatic heterocycles. The van der Waals surface area contributed by atoms with Gasteiger partial charge in [-0.15, -0.1) is 0 Å². The van der Waals surface area contributed by atoms with E-state index in [-0.39, 0.29) is 11.9 Å². The van der Waals surface area contributed by atoms with Crippen molar-refractivity contribution in [2.45, 2.75) is 39.8 Å². The van der Waals surface area contributed by atoms with Gasteiger partial charge in [0, 0.05) is 13.1 Å². The normalized spacial score (nSPS) is 14.5. The Hall–Kier alpha value is -0.990. The molecule has 8 heteroatoms. The minimum atomic E-state index is -3.54. The van der Waals surface area contributed by atoms with Crippen molar-refractivity contribution in [1.29, 1.82) is 0 Å². The van der Waals surface area contributed by atoms with Gasteiger partial charge in [-0.25, -0.2) is 0 Å². The average molecular weight is 262 g/mol. The van der Waals surface area contributed by atoms with E-state index in [1.807, 2.05) is 0 Å². The summed E-state index contributed by atoms with van der Waals surface area (Å²) in [5.41, 5.74) is 0. The van der Waals surface area contributed by atoms with Crippen LogP contribution >= 0.6 is 0 Å². The number of aryl methyl sites for hydroxylation is 1. The van der Waals surface area contributed by atoms with E-state index in [1.54, 1.807) is 27.7 Å². The van der Waals surface area contributed by atoms with E-state index in [9.17, 15) is 8.42 Å². The summed E-state index contributed by atoms with van der Waals surface area (Å²) in [6, 6.07) is -0.675. The molecule has 98 valence electrons. The Bertz CT molecular complexity index is 468. The molecule has 0 aromatic carbocycles. The third kappa shape index (κ3) is 3.48. The van der Waals surface area contributed by atoms with Crippen LogP contribution in [0.5, 0.6) is 0 Å². The van der Waals surface area contributed by atoms with Crippen molar-refractivity contribution in [3.05, 3.63) is 11.7 Å². The summed E-state index contributed by atoms with van der Waals surface area (Å²) >= 11 is 0. The molecule has 0 saturated heterocycles. The predicted octanol–water partition coefficient (Wildman–Crippen LogP) is 0.614. The molecule has 1 atom stereocenters. The number of hydrogen-bond acceptors (Lipinski definition) is 5. The van der Waals surface area contributed by atoms with Crippen LogP contribution in [0.3, 0.4) is 0 Å². The summed E-state index contributed by atoms with van der Waals surface area (Å²) in [5.74, 6) is 0.728. The highest BCUT2D eigenvalue weighted by atomic mass is 32.2. The van der Waals surface area contributed by atoms with Crippen molar-refractivity contribution >= 4 is 10.2 Å². The molecular weight excluding hydrogens is 244 g/mol. The molecular formula is C9H18N4O3S. The molecule has 0 unspecified atom stereocenters. The van der Waals surface area contributed by atoms with Crippen molar-refractivity contribution in [2.24, 2.45) is 0 Å². The second-order valence-corrected chi connectivity index (χ2v) is 5.90. The van der Waals surface area contributed by atoms with Gasteiger partial charge in [-0.3, -0.25) is 0 Å². The van der Waals surface area contributed by atoms with Crippen LogP contribution in [0.4, 0.5) is 0 Å². The first-order valence-electron chi connectivity index (χ1n) is 5.29. The van der Waals surface area contributed by atoms with Crippen molar-refractivity contribution in [1.82, 2.24) is 19.2 Å². The molecule has 0 amide bonds. The van der Waals surface area contributed by atoms with Gasteiger partial charge in [0.25, 0.3) is 10.2 Å². The lowest BCUT2D eigenvalue weighted by Crippen LogP contribution is -2.42. The quantitative estimate of drug-likeness (QED) is 0.840. The average Bonchev–Trinajstić information content (AvgIpc) is 2.63. The van der Waals surface area contributed by atoms with E-state index in [1.165, 1.54) is 11.4 Å². The molecule has 0 spiro atoms. The number of hydrogen-bond donors (Lipinski definition) is 1. The Labute approximate surface area is 101 Å². The van der Waals surface area contributed by atoms with E-state index in [0.717, 1.165) is 0 Å². The van der Waals surface area contributed by atoms with E-state index >= 15 is 0 Å². The third-order valence-corrected chi connectivity index (χ3v) is 4.18. The maximum atomic E-state index is 11.9. The second-order valence-electron chi connectivity index (χ2n) is 4.13. The van der Waals surface area contributed by atoms with Crippen LogP contribution in [0.15, 0.2) is 4.52 Å². The highest BCUT2D eigenvalue weighted by molar-refractivity contribution is 7.87. The first-order valence-corrected chi connectivity index (χ1v) is 6.73. The van der Waals surface area contributed by atoms with Crippen LogP contribution in [-0.2, 0) is 10.2 Å². The Balaban J connectivity index is 2.78. The van der Waals surface area contributed by atoms with Gasteiger partial charge < -0.3 is 4.52 Å². The molecule has 0 aliphatic carbocycles. The fourth-order valence-corrected chi connectivity index (χ4v) is 2.39. The van der Waals surface area contributed by atoms with Gasteiger partial charge in [-0.05, 0) is 27.7 Å². The molecule has 0 fully saturated rings. The topological polar surface area (TPSA) is 88.3 Å².